The maximum Gasteiger partial charge on any atom is 0.220 e. The molecule has 2 aromatic heterocycles. The molecule has 31 heavy (non-hydrogen) atoms. The summed E-state index contributed by atoms with van der Waals surface area (Å²) in [6.07, 6.45) is 2.27. The van der Waals surface area contributed by atoms with Crippen molar-refractivity contribution in [2.24, 2.45) is 5.92 Å². The number of nitrogens with zero attached hydrogens (tertiary/aromatic N) is 2. The number of nitrogens with one attached hydrogen (secondary N) is 2. The third-order valence-corrected chi connectivity index (χ3v) is 5.64. The van der Waals surface area contributed by atoms with Gasteiger partial charge in [0.15, 0.2) is 11.5 Å². The number of benzene rings is 1. The van der Waals surface area contributed by atoms with Gasteiger partial charge in [0.25, 0.3) is 0 Å². The number of ether oxygens (including phenoxy) is 3. The predicted octanol–water partition coefficient (Wildman–Crippen LogP) is 3.26. The van der Waals surface area contributed by atoms with Gasteiger partial charge in [0.2, 0.25) is 11.7 Å². The van der Waals surface area contributed by atoms with E-state index in [0.29, 0.717) is 30.2 Å². The van der Waals surface area contributed by atoms with Gasteiger partial charge in [-0.3, -0.25) is 9.78 Å². The molecule has 8 heteroatoms. The van der Waals surface area contributed by atoms with E-state index in [0.717, 1.165) is 28.0 Å². The highest BCUT2D eigenvalue weighted by atomic mass is 16.5. The smallest absolute Gasteiger partial charge is 0.220 e. The van der Waals surface area contributed by atoms with Crippen LogP contribution in [0.25, 0.3) is 22.2 Å². The van der Waals surface area contributed by atoms with Crippen molar-refractivity contribution in [1.82, 2.24) is 15.3 Å². The fourth-order valence-electron chi connectivity index (χ4n) is 3.88. The normalized spacial score (nSPS) is 16.6. The number of hydrogen-bond acceptors (Lipinski definition) is 7. The molecule has 0 spiro atoms. The van der Waals surface area contributed by atoms with Gasteiger partial charge in [-0.2, -0.15) is 0 Å². The van der Waals surface area contributed by atoms with Crippen LogP contribution in [0.2, 0.25) is 0 Å². The minimum absolute atomic E-state index is 0.0602. The summed E-state index contributed by atoms with van der Waals surface area (Å²) in [6.45, 7) is 2.73. The fraction of sp³-hybridized carbons (Fsp3) is 0.348. The summed E-state index contributed by atoms with van der Waals surface area (Å²) in [7, 11) is 4.74. The molecule has 1 amide bonds. The van der Waals surface area contributed by atoms with Crippen LogP contribution in [0.15, 0.2) is 36.5 Å². The number of carbonyl (C=O) groups excluding carboxylic acids is 1. The van der Waals surface area contributed by atoms with E-state index in [2.05, 4.69) is 22.5 Å². The van der Waals surface area contributed by atoms with Gasteiger partial charge < -0.3 is 24.8 Å². The number of aromatic nitrogens is 2. The van der Waals surface area contributed by atoms with E-state index in [4.69, 9.17) is 19.2 Å². The summed E-state index contributed by atoms with van der Waals surface area (Å²) in [5.41, 5.74) is 2.35. The van der Waals surface area contributed by atoms with Gasteiger partial charge in [0.05, 0.1) is 32.5 Å². The van der Waals surface area contributed by atoms with Gasteiger partial charge in [-0.1, -0.05) is 0 Å². The molecule has 0 bridgehead atoms. The molecule has 8 nitrogen and oxygen atoms in total. The molecule has 1 saturated heterocycles. The van der Waals surface area contributed by atoms with E-state index >= 15 is 0 Å². The Balaban J connectivity index is 1.78. The molecule has 1 aliphatic heterocycles. The number of amides is 1. The van der Waals surface area contributed by atoms with Crippen molar-refractivity contribution >= 4 is 22.6 Å². The second-order valence-corrected chi connectivity index (χ2v) is 7.54. The first-order chi connectivity index (χ1) is 15.0. The van der Waals surface area contributed by atoms with Crippen LogP contribution in [-0.4, -0.2) is 49.8 Å². The van der Waals surface area contributed by atoms with Crippen molar-refractivity contribution in [1.29, 1.82) is 0 Å². The first-order valence-electron chi connectivity index (χ1n) is 10.1. The van der Waals surface area contributed by atoms with Crippen molar-refractivity contribution in [3.8, 4) is 28.5 Å². The molecule has 2 N–H and O–H groups in total. The third-order valence-electron chi connectivity index (χ3n) is 5.64. The molecule has 162 valence electrons. The fourth-order valence-corrected chi connectivity index (χ4v) is 3.88. The molecular formula is C23H26N4O4. The molecular weight excluding hydrogens is 396 g/mol. The number of methoxy groups -OCH3 is 3. The van der Waals surface area contributed by atoms with Crippen LogP contribution < -0.4 is 24.8 Å². The van der Waals surface area contributed by atoms with Crippen LogP contribution in [0.1, 0.15) is 13.3 Å². The second-order valence-electron chi connectivity index (χ2n) is 7.54. The Hall–Kier alpha value is -3.55. The summed E-state index contributed by atoms with van der Waals surface area (Å²) < 4.78 is 16.4. The Morgan fingerprint density at radius 3 is 2.48 bits per heavy atom. The summed E-state index contributed by atoms with van der Waals surface area (Å²) in [5, 5.41) is 7.32. The quantitative estimate of drug-likeness (QED) is 0.603. The highest BCUT2D eigenvalue weighted by Crippen LogP contribution is 2.41. The lowest BCUT2D eigenvalue weighted by Gasteiger charge is -2.21. The van der Waals surface area contributed by atoms with Gasteiger partial charge in [0.1, 0.15) is 5.82 Å². The molecule has 3 aromatic rings. The zero-order valence-corrected chi connectivity index (χ0v) is 18.1. The number of fused-ring (bicyclic) bond motifs is 1. The van der Waals surface area contributed by atoms with Crippen LogP contribution in [0.3, 0.4) is 0 Å². The van der Waals surface area contributed by atoms with Gasteiger partial charge in [-0.05, 0) is 37.3 Å². The van der Waals surface area contributed by atoms with Crippen LogP contribution in [0, 0.1) is 5.92 Å². The topological polar surface area (TPSA) is 94.6 Å². The van der Waals surface area contributed by atoms with Gasteiger partial charge in [-0.25, -0.2) is 4.98 Å². The van der Waals surface area contributed by atoms with Gasteiger partial charge in [-0.15, -0.1) is 0 Å². The van der Waals surface area contributed by atoms with Crippen molar-refractivity contribution in [3.63, 3.8) is 0 Å². The van der Waals surface area contributed by atoms with Crippen molar-refractivity contribution in [2.45, 2.75) is 19.4 Å². The molecule has 0 saturated carbocycles. The maximum absolute atomic E-state index is 11.6. The summed E-state index contributed by atoms with van der Waals surface area (Å²) in [5.74, 6) is 2.64. The molecule has 1 aromatic carbocycles. The Bertz CT molecular complexity index is 1090. The van der Waals surface area contributed by atoms with Crippen LogP contribution in [0.4, 0.5) is 5.82 Å². The first kappa shape index (κ1) is 20.7. The van der Waals surface area contributed by atoms with Crippen molar-refractivity contribution in [3.05, 3.63) is 36.5 Å². The van der Waals surface area contributed by atoms with Gasteiger partial charge >= 0.3 is 0 Å². The number of pyridine rings is 2. The number of anilines is 1. The standard InChI is InChI=1S/C23H26N4O4/c1-13(15-10-21(28)25-12-15)26-23-16-6-5-7-24-18(16)11-17(27-23)14-8-19(29-2)22(31-4)20(9-14)30-3/h5-9,11,13,15H,10,12H2,1-4H3,(H,25,28)(H,26,27). The van der Waals surface area contributed by atoms with E-state index < -0.39 is 0 Å². The molecule has 4 rings (SSSR count). The Morgan fingerprint density at radius 1 is 1.13 bits per heavy atom. The Labute approximate surface area is 180 Å². The lowest BCUT2D eigenvalue weighted by atomic mass is 10.00. The molecule has 1 aliphatic rings. The largest absolute Gasteiger partial charge is 0.493 e. The lowest BCUT2D eigenvalue weighted by molar-refractivity contribution is -0.119. The molecule has 2 unspecified atom stereocenters. The van der Waals surface area contributed by atoms with Crippen LogP contribution in [-0.2, 0) is 4.79 Å². The van der Waals surface area contributed by atoms with E-state index in [1.165, 1.54) is 0 Å². The monoisotopic (exact) mass is 422 g/mol. The zero-order valence-electron chi connectivity index (χ0n) is 18.1. The van der Waals surface area contributed by atoms with E-state index in [1.54, 1.807) is 27.5 Å². The highest BCUT2D eigenvalue weighted by Gasteiger charge is 2.27. The summed E-state index contributed by atoms with van der Waals surface area (Å²) >= 11 is 0. The molecule has 2 atom stereocenters. The average molecular weight is 422 g/mol. The minimum atomic E-state index is 0.0602. The SMILES string of the molecule is COc1cc(-c2cc3ncccc3c(NC(C)C3CNC(=O)C3)n2)cc(OC)c1OC. The molecule has 1 fully saturated rings. The Kier molecular flexibility index (Phi) is 5.79. The maximum atomic E-state index is 11.6. The van der Waals surface area contributed by atoms with Crippen LogP contribution >= 0.6 is 0 Å². The number of hydrogen-bond donors (Lipinski definition) is 2. The number of carbonyl (C=O) groups is 1. The van der Waals surface area contributed by atoms with Crippen molar-refractivity contribution in [2.75, 3.05) is 33.2 Å². The van der Waals surface area contributed by atoms with E-state index in [1.807, 2.05) is 30.3 Å². The van der Waals surface area contributed by atoms with E-state index in [-0.39, 0.29) is 17.9 Å². The number of rotatable bonds is 7. The first-order valence-corrected chi connectivity index (χ1v) is 10.1. The Morgan fingerprint density at radius 2 is 1.87 bits per heavy atom. The lowest BCUT2D eigenvalue weighted by Crippen LogP contribution is -2.28. The zero-order chi connectivity index (χ0) is 22.0. The second kappa shape index (κ2) is 8.67. The molecule has 3 heterocycles. The summed E-state index contributed by atoms with van der Waals surface area (Å²) in [6, 6.07) is 9.61. The minimum Gasteiger partial charge on any atom is -0.493 e. The average Bonchev–Trinajstić information content (AvgIpc) is 3.24. The van der Waals surface area contributed by atoms with Gasteiger partial charge in [0, 0.05) is 42.1 Å². The van der Waals surface area contributed by atoms with Crippen molar-refractivity contribution < 1.29 is 19.0 Å². The predicted molar refractivity (Wildman–Crippen MR) is 119 cm³/mol. The van der Waals surface area contributed by atoms with E-state index in [9.17, 15) is 4.79 Å². The highest BCUT2D eigenvalue weighted by molar-refractivity contribution is 5.92. The van der Waals surface area contributed by atoms with Crippen LogP contribution in [0.5, 0.6) is 17.2 Å². The molecule has 0 radical (unpaired) electrons. The molecule has 0 aliphatic carbocycles. The third kappa shape index (κ3) is 4.05. The summed E-state index contributed by atoms with van der Waals surface area (Å²) in [4.78, 5) is 21.1.